The van der Waals surface area contributed by atoms with E-state index in [-0.39, 0.29) is 6.61 Å². The predicted octanol–water partition coefficient (Wildman–Crippen LogP) is 4.51. The first kappa shape index (κ1) is 17.4. The molecule has 7 heteroatoms. The van der Waals surface area contributed by atoms with Crippen LogP contribution in [0.1, 0.15) is 49.4 Å². The van der Waals surface area contributed by atoms with Gasteiger partial charge in [0.05, 0.1) is 6.61 Å². The second-order valence-electron chi connectivity index (χ2n) is 4.50. The highest BCUT2D eigenvalue weighted by molar-refractivity contribution is 5.90. The Bertz CT molecular complexity index is 488. The maximum absolute atomic E-state index is 13.3. The maximum atomic E-state index is 13.3. The van der Waals surface area contributed by atoms with Crippen LogP contribution in [0.2, 0.25) is 0 Å². The molecule has 0 heterocycles. The number of carbonyl (C=O) groups excluding carboxylic acids is 1. The minimum Gasteiger partial charge on any atom is -0.462 e. The first-order valence-corrected chi connectivity index (χ1v) is 6.60. The zero-order chi connectivity index (χ0) is 16.0. The normalized spacial score (nSPS) is 10.8. The quantitative estimate of drug-likeness (QED) is 0.243. The molecule has 0 atom stereocenters. The highest BCUT2D eigenvalue weighted by Crippen LogP contribution is 2.23. The van der Waals surface area contributed by atoms with Gasteiger partial charge in [0, 0.05) is 0 Å². The van der Waals surface area contributed by atoms with Crippen molar-refractivity contribution in [3.05, 3.63) is 34.6 Å². The lowest BCUT2D eigenvalue weighted by molar-refractivity contribution is 0.0483. The van der Waals surface area contributed by atoms with Gasteiger partial charge in [-0.25, -0.2) is 26.7 Å². The number of hydrogen-bond acceptors (Lipinski definition) is 2. The summed E-state index contributed by atoms with van der Waals surface area (Å²) in [5, 5.41) is 0. The van der Waals surface area contributed by atoms with E-state index in [0.717, 1.165) is 25.7 Å². The van der Waals surface area contributed by atoms with Crippen LogP contribution in [0.4, 0.5) is 22.0 Å². The number of rotatable bonds is 7. The summed E-state index contributed by atoms with van der Waals surface area (Å²) >= 11 is 0. The molecule has 0 aliphatic carbocycles. The number of hydrogen-bond donors (Lipinski definition) is 0. The summed E-state index contributed by atoms with van der Waals surface area (Å²) in [5.41, 5.74) is -1.56. The lowest BCUT2D eigenvalue weighted by atomic mass is 10.1. The van der Waals surface area contributed by atoms with Gasteiger partial charge in [-0.3, -0.25) is 0 Å². The van der Waals surface area contributed by atoms with Gasteiger partial charge in [0.2, 0.25) is 5.82 Å². The molecule has 0 aliphatic heterocycles. The van der Waals surface area contributed by atoms with E-state index in [1.54, 1.807) is 0 Å². The maximum Gasteiger partial charge on any atom is 0.344 e. The highest BCUT2D eigenvalue weighted by Gasteiger charge is 2.30. The number of ether oxygens (including phenoxy) is 1. The molecule has 0 fully saturated rings. The molecule has 1 aromatic carbocycles. The summed E-state index contributed by atoms with van der Waals surface area (Å²) < 4.78 is 69.8. The minimum atomic E-state index is -2.30. The Morgan fingerprint density at radius 1 is 0.810 bits per heavy atom. The third kappa shape index (κ3) is 4.15. The first-order valence-electron chi connectivity index (χ1n) is 6.60. The van der Waals surface area contributed by atoms with E-state index >= 15 is 0 Å². The molecule has 0 aromatic heterocycles. The van der Waals surface area contributed by atoms with Crippen LogP contribution in [0.15, 0.2) is 0 Å². The summed E-state index contributed by atoms with van der Waals surface area (Å²) in [6.07, 6.45) is 4.14. The zero-order valence-corrected chi connectivity index (χ0v) is 11.4. The molecule has 0 bridgehead atoms. The van der Waals surface area contributed by atoms with Crippen LogP contribution in [-0.2, 0) is 4.74 Å². The van der Waals surface area contributed by atoms with Gasteiger partial charge in [-0.05, 0) is 6.42 Å². The molecule has 0 radical (unpaired) electrons. The monoisotopic (exact) mass is 310 g/mol. The van der Waals surface area contributed by atoms with Crippen molar-refractivity contribution in [1.82, 2.24) is 0 Å². The van der Waals surface area contributed by atoms with E-state index in [1.807, 2.05) is 6.92 Å². The first-order chi connectivity index (χ1) is 9.91. The molecule has 2 nitrogen and oxygen atoms in total. The van der Waals surface area contributed by atoms with Crippen molar-refractivity contribution >= 4 is 5.97 Å². The molecule has 0 N–H and O–H groups in total. The Morgan fingerprint density at radius 2 is 1.29 bits per heavy atom. The third-order valence-electron chi connectivity index (χ3n) is 2.89. The average Bonchev–Trinajstić information content (AvgIpc) is 2.47. The molecule has 118 valence electrons. The van der Waals surface area contributed by atoms with Gasteiger partial charge in [-0.15, -0.1) is 0 Å². The van der Waals surface area contributed by atoms with Crippen molar-refractivity contribution in [2.45, 2.75) is 39.0 Å². The van der Waals surface area contributed by atoms with Crippen LogP contribution in [0.25, 0.3) is 0 Å². The Kier molecular flexibility index (Phi) is 6.58. The molecule has 0 unspecified atom stereocenters. The smallest absolute Gasteiger partial charge is 0.344 e. The van der Waals surface area contributed by atoms with E-state index < -0.39 is 40.6 Å². The number of carbonyl (C=O) groups is 1. The zero-order valence-electron chi connectivity index (χ0n) is 11.4. The summed E-state index contributed by atoms with van der Waals surface area (Å²) in [6, 6.07) is 0. The predicted molar refractivity (Wildman–Crippen MR) is 65.3 cm³/mol. The topological polar surface area (TPSA) is 26.3 Å². The van der Waals surface area contributed by atoms with Gasteiger partial charge in [-0.2, -0.15) is 0 Å². The van der Waals surface area contributed by atoms with E-state index in [9.17, 15) is 26.7 Å². The Hall–Kier alpha value is -1.66. The average molecular weight is 310 g/mol. The Balaban J connectivity index is 2.71. The second-order valence-corrected chi connectivity index (χ2v) is 4.50. The van der Waals surface area contributed by atoms with Gasteiger partial charge in [-0.1, -0.05) is 32.6 Å². The van der Waals surface area contributed by atoms with Gasteiger partial charge in [0.15, 0.2) is 23.3 Å². The standard InChI is InChI=1S/C14H15F5O2/c1-2-3-4-5-6-7-21-14(20)8-9(15)11(17)13(19)12(18)10(8)16/h2-7H2,1H3. The van der Waals surface area contributed by atoms with Crippen molar-refractivity contribution in [2.24, 2.45) is 0 Å². The molecule has 0 spiro atoms. The van der Waals surface area contributed by atoms with Gasteiger partial charge in [0.1, 0.15) is 5.56 Å². The fourth-order valence-corrected chi connectivity index (χ4v) is 1.73. The van der Waals surface area contributed by atoms with Crippen molar-refractivity contribution in [3.63, 3.8) is 0 Å². The molecular formula is C14H15F5O2. The molecule has 0 saturated heterocycles. The molecular weight excluding hydrogens is 295 g/mol. The molecule has 0 amide bonds. The highest BCUT2D eigenvalue weighted by atomic mass is 19.2. The fraction of sp³-hybridized carbons (Fsp3) is 0.500. The second kappa shape index (κ2) is 7.95. The summed E-state index contributed by atoms with van der Waals surface area (Å²) in [5.74, 6) is -12.5. The SMILES string of the molecule is CCCCCCCOC(=O)c1c(F)c(F)c(F)c(F)c1F. The summed E-state index contributed by atoms with van der Waals surface area (Å²) in [7, 11) is 0. The third-order valence-corrected chi connectivity index (χ3v) is 2.89. The summed E-state index contributed by atoms with van der Waals surface area (Å²) in [6.45, 7) is 1.88. The number of unbranched alkanes of at least 4 members (excludes halogenated alkanes) is 4. The summed E-state index contributed by atoms with van der Waals surface area (Å²) in [4.78, 5) is 11.4. The largest absolute Gasteiger partial charge is 0.462 e. The van der Waals surface area contributed by atoms with Crippen LogP contribution in [0.5, 0.6) is 0 Å². The van der Waals surface area contributed by atoms with Crippen molar-refractivity contribution in [1.29, 1.82) is 0 Å². The van der Waals surface area contributed by atoms with Crippen LogP contribution in [0, 0.1) is 29.1 Å². The number of benzene rings is 1. The fourth-order valence-electron chi connectivity index (χ4n) is 1.73. The lowest BCUT2D eigenvalue weighted by Gasteiger charge is -2.08. The van der Waals surface area contributed by atoms with Gasteiger partial charge < -0.3 is 4.74 Å². The molecule has 0 aliphatic rings. The molecule has 1 aromatic rings. The Morgan fingerprint density at radius 3 is 1.81 bits per heavy atom. The van der Waals surface area contributed by atoms with Crippen molar-refractivity contribution in [2.75, 3.05) is 6.61 Å². The van der Waals surface area contributed by atoms with E-state index in [4.69, 9.17) is 0 Å². The van der Waals surface area contributed by atoms with E-state index in [2.05, 4.69) is 4.74 Å². The molecule has 0 saturated carbocycles. The van der Waals surface area contributed by atoms with Crippen LogP contribution in [-0.4, -0.2) is 12.6 Å². The van der Waals surface area contributed by atoms with Gasteiger partial charge >= 0.3 is 5.97 Å². The van der Waals surface area contributed by atoms with Crippen LogP contribution >= 0.6 is 0 Å². The molecule has 21 heavy (non-hydrogen) atoms. The van der Waals surface area contributed by atoms with E-state index in [0.29, 0.717) is 6.42 Å². The number of halogens is 5. The van der Waals surface area contributed by atoms with Crippen LogP contribution in [0.3, 0.4) is 0 Å². The van der Waals surface area contributed by atoms with Crippen molar-refractivity contribution < 1.29 is 31.5 Å². The van der Waals surface area contributed by atoms with Gasteiger partial charge in [0.25, 0.3) is 0 Å². The van der Waals surface area contributed by atoms with E-state index in [1.165, 1.54) is 0 Å². The Labute approximate surface area is 118 Å². The van der Waals surface area contributed by atoms with Crippen molar-refractivity contribution in [3.8, 4) is 0 Å². The number of esters is 1. The van der Waals surface area contributed by atoms with Crippen LogP contribution < -0.4 is 0 Å². The minimum absolute atomic E-state index is 0.137. The lowest BCUT2D eigenvalue weighted by Crippen LogP contribution is -2.15. The molecule has 1 rings (SSSR count).